The van der Waals surface area contributed by atoms with Crippen molar-refractivity contribution in [1.82, 2.24) is 15.5 Å². The van der Waals surface area contributed by atoms with Crippen LogP contribution in [0.3, 0.4) is 0 Å². The number of hydrogen-bond acceptors (Lipinski definition) is 6. The zero-order valence-corrected chi connectivity index (χ0v) is 13.5. The van der Waals surface area contributed by atoms with Crippen molar-refractivity contribution in [3.05, 3.63) is 11.7 Å². The second-order valence-corrected chi connectivity index (χ2v) is 5.63. The third-order valence-corrected chi connectivity index (χ3v) is 4.43. The molecule has 1 aliphatic rings. The van der Waals surface area contributed by atoms with Crippen LogP contribution < -0.4 is 5.32 Å². The molecule has 6 nitrogen and oxygen atoms in total. The van der Waals surface area contributed by atoms with Gasteiger partial charge in [-0.25, -0.2) is 0 Å². The van der Waals surface area contributed by atoms with Crippen molar-refractivity contribution in [3.63, 3.8) is 0 Å². The third-order valence-electron chi connectivity index (χ3n) is 4.43. The standard InChI is InChI=1S/C15H27N3O3/c1-5-12(11(3)16-6-2)13-17-14(18-21-13)15(19-4)7-9-20-10-8-15/h11-12,16H,5-10H2,1-4H3. The highest BCUT2D eigenvalue weighted by Gasteiger charge is 2.40. The van der Waals surface area contributed by atoms with Crippen molar-refractivity contribution in [2.45, 2.75) is 57.6 Å². The first-order chi connectivity index (χ1) is 10.2. The first kappa shape index (κ1) is 16.4. The van der Waals surface area contributed by atoms with Gasteiger partial charge in [-0.2, -0.15) is 4.98 Å². The highest BCUT2D eigenvalue weighted by Crippen LogP contribution is 2.34. The van der Waals surface area contributed by atoms with Gasteiger partial charge in [0.2, 0.25) is 11.7 Å². The molecule has 0 amide bonds. The largest absolute Gasteiger partial charge is 0.381 e. The Kier molecular flexibility index (Phi) is 5.72. The fraction of sp³-hybridized carbons (Fsp3) is 0.867. The first-order valence-electron chi connectivity index (χ1n) is 7.87. The fourth-order valence-corrected chi connectivity index (χ4v) is 3.00. The van der Waals surface area contributed by atoms with Crippen molar-refractivity contribution in [2.75, 3.05) is 26.9 Å². The number of likely N-dealkylation sites (N-methyl/N-ethyl adjacent to an activating group) is 1. The van der Waals surface area contributed by atoms with E-state index in [1.807, 2.05) is 0 Å². The van der Waals surface area contributed by atoms with Crippen LogP contribution in [-0.2, 0) is 15.1 Å². The Morgan fingerprint density at radius 1 is 1.33 bits per heavy atom. The predicted octanol–water partition coefficient (Wildman–Crippen LogP) is 2.21. The Balaban J connectivity index is 2.19. The molecule has 2 unspecified atom stereocenters. The maximum atomic E-state index is 5.72. The van der Waals surface area contributed by atoms with Gasteiger partial charge in [0.1, 0.15) is 5.60 Å². The van der Waals surface area contributed by atoms with Gasteiger partial charge in [-0.05, 0) is 19.9 Å². The fourth-order valence-electron chi connectivity index (χ4n) is 3.00. The minimum atomic E-state index is -0.459. The monoisotopic (exact) mass is 297 g/mol. The predicted molar refractivity (Wildman–Crippen MR) is 79.2 cm³/mol. The van der Waals surface area contributed by atoms with Crippen LogP contribution in [0.4, 0.5) is 0 Å². The summed E-state index contributed by atoms with van der Waals surface area (Å²) >= 11 is 0. The van der Waals surface area contributed by atoms with E-state index in [1.165, 1.54) is 0 Å². The summed E-state index contributed by atoms with van der Waals surface area (Å²) in [7, 11) is 1.71. The minimum Gasteiger partial charge on any atom is -0.381 e. The van der Waals surface area contributed by atoms with Crippen LogP contribution in [0.25, 0.3) is 0 Å². The molecule has 0 bridgehead atoms. The van der Waals surface area contributed by atoms with E-state index in [-0.39, 0.29) is 5.92 Å². The number of rotatable bonds is 7. The molecular formula is C15H27N3O3. The average Bonchev–Trinajstić information content (AvgIpc) is 2.99. The number of nitrogens with one attached hydrogen (secondary N) is 1. The third kappa shape index (κ3) is 3.44. The Morgan fingerprint density at radius 3 is 2.62 bits per heavy atom. The van der Waals surface area contributed by atoms with E-state index in [0.717, 1.165) is 25.8 Å². The Labute approximate surface area is 126 Å². The van der Waals surface area contributed by atoms with Crippen LogP contribution in [0.1, 0.15) is 57.7 Å². The van der Waals surface area contributed by atoms with E-state index >= 15 is 0 Å². The molecule has 6 heteroatoms. The van der Waals surface area contributed by atoms with E-state index in [1.54, 1.807) is 7.11 Å². The SMILES string of the molecule is CCNC(C)C(CC)c1nc(C2(OC)CCOCC2)no1. The molecule has 120 valence electrons. The number of methoxy groups -OCH3 is 1. The second-order valence-electron chi connectivity index (χ2n) is 5.63. The lowest BCUT2D eigenvalue weighted by atomic mass is 9.93. The number of hydrogen-bond donors (Lipinski definition) is 1. The number of nitrogens with zero attached hydrogens (tertiary/aromatic N) is 2. The summed E-state index contributed by atoms with van der Waals surface area (Å²) in [4.78, 5) is 4.65. The van der Waals surface area contributed by atoms with Gasteiger partial charge in [0.05, 0.1) is 5.92 Å². The molecule has 2 rings (SSSR count). The molecule has 1 saturated heterocycles. The molecule has 21 heavy (non-hydrogen) atoms. The summed E-state index contributed by atoms with van der Waals surface area (Å²) in [5, 5.41) is 7.63. The molecule has 1 aromatic heterocycles. The van der Waals surface area contributed by atoms with E-state index in [0.29, 0.717) is 31.0 Å². The molecule has 0 saturated carbocycles. The number of ether oxygens (including phenoxy) is 2. The Morgan fingerprint density at radius 2 is 2.05 bits per heavy atom. The summed E-state index contributed by atoms with van der Waals surface area (Å²) in [6, 6.07) is 0.307. The van der Waals surface area contributed by atoms with Gasteiger partial charge in [-0.1, -0.05) is 19.0 Å². The summed E-state index contributed by atoms with van der Waals surface area (Å²) in [5.41, 5.74) is -0.459. The topological polar surface area (TPSA) is 69.4 Å². The van der Waals surface area contributed by atoms with E-state index < -0.39 is 5.60 Å². The summed E-state index contributed by atoms with van der Waals surface area (Å²) in [6.07, 6.45) is 2.49. The van der Waals surface area contributed by atoms with Gasteiger partial charge in [0.25, 0.3) is 0 Å². The van der Waals surface area contributed by atoms with Gasteiger partial charge >= 0.3 is 0 Å². The van der Waals surface area contributed by atoms with Gasteiger partial charge in [0.15, 0.2) is 0 Å². The smallest absolute Gasteiger partial charge is 0.231 e. The summed E-state index contributed by atoms with van der Waals surface area (Å²) in [6.45, 7) is 8.67. The zero-order valence-electron chi connectivity index (χ0n) is 13.5. The van der Waals surface area contributed by atoms with Crippen molar-refractivity contribution >= 4 is 0 Å². The second kappa shape index (κ2) is 7.33. The molecule has 0 aliphatic carbocycles. The first-order valence-corrected chi connectivity index (χ1v) is 7.87. The van der Waals surface area contributed by atoms with Gasteiger partial charge in [-0.3, -0.25) is 0 Å². The van der Waals surface area contributed by atoms with Crippen LogP contribution >= 0.6 is 0 Å². The molecule has 0 aromatic carbocycles. The quantitative estimate of drug-likeness (QED) is 0.832. The molecule has 1 aliphatic heterocycles. The molecule has 1 aromatic rings. The van der Waals surface area contributed by atoms with Gasteiger partial charge in [-0.15, -0.1) is 0 Å². The zero-order chi connectivity index (χ0) is 15.3. The Bertz CT molecular complexity index is 430. The maximum Gasteiger partial charge on any atom is 0.231 e. The number of aromatic nitrogens is 2. The highest BCUT2D eigenvalue weighted by molar-refractivity contribution is 5.06. The maximum absolute atomic E-state index is 5.72. The van der Waals surface area contributed by atoms with Crippen molar-refractivity contribution in [1.29, 1.82) is 0 Å². The molecule has 0 radical (unpaired) electrons. The Hall–Kier alpha value is -0.980. The van der Waals surface area contributed by atoms with Crippen LogP contribution in [0.15, 0.2) is 4.52 Å². The molecule has 2 atom stereocenters. The molecule has 1 N–H and O–H groups in total. The minimum absolute atomic E-state index is 0.222. The molecular weight excluding hydrogens is 270 g/mol. The molecule has 1 fully saturated rings. The van der Waals surface area contributed by atoms with Crippen molar-refractivity contribution in [3.8, 4) is 0 Å². The molecule has 0 spiro atoms. The normalized spacial score (nSPS) is 21.1. The van der Waals surface area contributed by atoms with E-state index in [9.17, 15) is 0 Å². The van der Waals surface area contributed by atoms with Gasteiger partial charge in [0, 0.05) is 39.2 Å². The lowest BCUT2D eigenvalue weighted by Gasteiger charge is -2.32. The van der Waals surface area contributed by atoms with Crippen LogP contribution in [0.5, 0.6) is 0 Å². The highest BCUT2D eigenvalue weighted by atomic mass is 16.5. The lowest BCUT2D eigenvalue weighted by Crippen LogP contribution is -2.37. The average molecular weight is 297 g/mol. The van der Waals surface area contributed by atoms with Crippen LogP contribution in [0, 0.1) is 0 Å². The van der Waals surface area contributed by atoms with E-state index in [2.05, 4.69) is 36.2 Å². The summed E-state index contributed by atoms with van der Waals surface area (Å²) < 4.78 is 16.7. The van der Waals surface area contributed by atoms with E-state index in [4.69, 9.17) is 14.0 Å². The van der Waals surface area contributed by atoms with Crippen molar-refractivity contribution in [2.24, 2.45) is 0 Å². The summed E-state index contributed by atoms with van der Waals surface area (Å²) in [5.74, 6) is 1.58. The molecule has 2 heterocycles. The van der Waals surface area contributed by atoms with Gasteiger partial charge < -0.3 is 19.3 Å². The van der Waals surface area contributed by atoms with Crippen LogP contribution in [0.2, 0.25) is 0 Å². The van der Waals surface area contributed by atoms with Crippen molar-refractivity contribution < 1.29 is 14.0 Å². The van der Waals surface area contributed by atoms with Crippen LogP contribution in [-0.4, -0.2) is 43.1 Å². The lowest BCUT2D eigenvalue weighted by molar-refractivity contribution is -0.101.